The molecule has 13 nitrogen and oxygen atoms in total. The predicted molar refractivity (Wildman–Crippen MR) is 231 cm³/mol. The van der Waals surface area contributed by atoms with E-state index in [0.29, 0.717) is 58.9 Å². The SMILES string of the molecule is CSc1cc(OCCN(C)C)cc2oc3c4c(=O)c5c6c(C)c7c(c5c-3nc12)C(=O)[C@@](C)(O/C=C/C[C@@H](C)C(OC(C)=O)C(C[C@H](C)CC(C)/C=C/C=C(/C)C(=O)N4)O6)O7. The zero-order valence-electron chi connectivity index (χ0n) is 35.8. The Morgan fingerprint density at radius 3 is 2.57 bits per heavy atom. The zero-order valence-corrected chi connectivity index (χ0v) is 36.7. The normalized spacial score (nSPS) is 26.5. The third kappa shape index (κ3) is 8.11. The van der Waals surface area contributed by atoms with Crippen LogP contribution in [0, 0.1) is 24.7 Å². The molecule has 0 spiro atoms. The lowest BCUT2D eigenvalue weighted by Gasteiger charge is -2.34. The minimum absolute atomic E-state index is 0.00638. The van der Waals surface area contributed by atoms with Gasteiger partial charge in [-0.25, -0.2) is 4.98 Å². The quantitative estimate of drug-likeness (QED) is 0.0855. The van der Waals surface area contributed by atoms with Gasteiger partial charge in [0.2, 0.25) is 5.43 Å². The summed E-state index contributed by atoms with van der Waals surface area (Å²) < 4.78 is 38.6. The Morgan fingerprint density at radius 2 is 1.85 bits per heavy atom. The van der Waals surface area contributed by atoms with Crippen LogP contribution < -0.4 is 25.0 Å². The Kier molecular flexibility index (Phi) is 12.1. The maximum Gasteiger partial charge on any atom is 0.312 e. The van der Waals surface area contributed by atoms with Gasteiger partial charge < -0.3 is 38.3 Å². The average molecular weight is 840 g/mol. The Bertz CT molecular complexity index is 2510. The van der Waals surface area contributed by atoms with E-state index in [1.165, 1.54) is 31.9 Å². The van der Waals surface area contributed by atoms with Gasteiger partial charge in [0.05, 0.1) is 17.2 Å². The van der Waals surface area contributed by atoms with Gasteiger partial charge >= 0.3 is 11.8 Å². The highest BCUT2D eigenvalue weighted by molar-refractivity contribution is 7.98. The van der Waals surface area contributed by atoms with Crippen LogP contribution in [0.15, 0.2) is 62.4 Å². The van der Waals surface area contributed by atoms with Crippen LogP contribution in [-0.4, -0.2) is 79.0 Å². The number of hydrogen-bond acceptors (Lipinski definition) is 13. The number of ether oxygens (including phenoxy) is 5. The molecule has 3 unspecified atom stereocenters. The van der Waals surface area contributed by atoms with Crippen molar-refractivity contribution >= 4 is 57.0 Å². The minimum Gasteiger partial charge on any atom is -0.492 e. The second-order valence-corrected chi connectivity index (χ2v) is 17.5. The molecule has 4 heterocycles. The van der Waals surface area contributed by atoms with Gasteiger partial charge in [0, 0.05) is 53.8 Å². The van der Waals surface area contributed by atoms with E-state index in [1.54, 1.807) is 32.1 Å². The summed E-state index contributed by atoms with van der Waals surface area (Å²) in [6, 6.07) is 3.57. The predicted octanol–water partition coefficient (Wildman–Crippen LogP) is 8.46. The number of carbonyl (C=O) groups excluding carboxylic acids is 3. The highest BCUT2D eigenvalue weighted by Crippen LogP contribution is 2.52. The molecule has 0 saturated heterocycles. The lowest BCUT2D eigenvalue weighted by Crippen LogP contribution is -2.41. The molecule has 318 valence electrons. The topological polar surface area (TPSA) is 156 Å². The number of fused-ring (bicyclic) bond motifs is 8. The Labute approximate surface area is 353 Å². The minimum atomic E-state index is -1.82. The molecule has 60 heavy (non-hydrogen) atoms. The van der Waals surface area contributed by atoms with Crippen LogP contribution in [0.4, 0.5) is 5.69 Å². The van der Waals surface area contributed by atoms with Crippen LogP contribution in [0.2, 0.25) is 0 Å². The van der Waals surface area contributed by atoms with E-state index in [2.05, 4.69) is 19.2 Å². The Morgan fingerprint density at radius 1 is 1.08 bits per heavy atom. The number of Topliss-reactive ketones (excluding diaryl/α,β-unsaturated/α-hetero) is 1. The molecule has 4 aliphatic heterocycles. The van der Waals surface area contributed by atoms with Crippen LogP contribution in [0.1, 0.15) is 76.7 Å². The summed E-state index contributed by atoms with van der Waals surface area (Å²) in [4.78, 5) is 65.0. The van der Waals surface area contributed by atoms with E-state index >= 15 is 4.79 Å². The first kappa shape index (κ1) is 42.8. The van der Waals surface area contributed by atoms with Gasteiger partial charge in [-0.3, -0.25) is 19.2 Å². The molecule has 14 heteroatoms. The molecule has 0 aromatic heterocycles. The maximum atomic E-state index is 15.4. The van der Waals surface area contributed by atoms with Crippen LogP contribution >= 0.6 is 11.8 Å². The molecule has 2 aromatic carbocycles. The molecule has 1 aliphatic carbocycles. The van der Waals surface area contributed by atoms with Crippen LogP contribution in [-0.2, 0) is 19.1 Å². The van der Waals surface area contributed by atoms with E-state index in [-0.39, 0.29) is 62.7 Å². The highest BCUT2D eigenvalue weighted by atomic mass is 32.2. The molecule has 6 atom stereocenters. The number of nitrogens with one attached hydrogen (secondary N) is 1. The largest absolute Gasteiger partial charge is 0.492 e. The van der Waals surface area contributed by atoms with Crippen molar-refractivity contribution in [1.82, 2.24) is 9.88 Å². The molecule has 0 fully saturated rings. The van der Waals surface area contributed by atoms with Gasteiger partial charge in [-0.15, -0.1) is 11.8 Å². The highest BCUT2D eigenvalue weighted by Gasteiger charge is 2.50. The van der Waals surface area contributed by atoms with Crippen molar-refractivity contribution in [1.29, 1.82) is 0 Å². The first-order chi connectivity index (χ1) is 28.5. The summed E-state index contributed by atoms with van der Waals surface area (Å²) in [6.45, 7) is 13.5. The number of ketones is 1. The van der Waals surface area contributed by atoms with Crippen LogP contribution in [0.25, 0.3) is 33.3 Å². The molecule has 7 rings (SSSR count). The van der Waals surface area contributed by atoms with Crippen molar-refractivity contribution in [3.8, 4) is 28.7 Å². The number of carbonyl (C=O) groups is 3. The van der Waals surface area contributed by atoms with E-state index in [0.717, 1.165) is 6.42 Å². The standard InChI is InChI=1S/C46H53N3O10S/c1-23-13-11-14-26(4)45(53)48-38-39(51)34-33(37-43(38)57-30-21-29(54-18-16-49(8)9)22-32(60-10)36(30)47-37)35-42-27(5)41(34)58-31(20-24(2)19-23)40(56-28(6)50)25(3)15-12-17-55-46(7,59-42)44(35)52/h11-14,17,21-25,31,40H,15-16,18-20H2,1-10H3,(H,48,53)/b13-11+,17-12+,26-14-/t23?,24-,25-,31?,40?,46+/m1/s1. The average Bonchev–Trinajstić information content (AvgIpc) is 3.45. The fourth-order valence-electron chi connectivity index (χ4n) is 8.27. The molecule has 1 amide bonds. The van der Waals surface area contributed by atoms with E-state index in [9.17, 15) is 14.4 Å². The first-order valence-corrected chi connectivity index (χ1v) is 21.6. The first-order valence-electron chi connectivity index (χ1n) is 20.3. The number of benzene rings is 3. The second kappa shape index (κ2) is 17.0. The van der Waals surface area contributed by atoms with Gasteiger partial charge in [-0.2, -0.15) is 0 Å². The van der Waals surface area contributed by atoms with E-state index in [4.69, 9.17) is 33.1 Å². The smallest absolute Gasteiger partial charge is 0.312 e. The van der Waals surface area contributed by atoms with Crippen molar-refractivity contribution in [2.45, 2.75) is 90.6 Å². The third-order valence-electron chi connectivity index (χ3n) is 11.4. The van der Waals surface area contributed by atoms with Crippen molar-refractivity contribution in [3.63, 3.8) is 0 Å². The molecule has 2 aromatic rings. The summed E-state index contributed by atoms with van der Waals surface area (Å²) in [6.07, 6.45) is 10.8. The van der Waals surface area contributed by atoms with Crippen molar-refractivity contribution in [2.24, 2.45) is 17.8 Å². The summed E-state index contributed by atoms with van der Waals surface area (Å²) >= 11 is 1.43. The van der Waals surface area contributed by atoms with E-state index in [1.807, 2.05) is 50.4 Å². The lowest BCUT2D eigenvalue weighted by molar-refractivity contribution is -0.155. The third-order valence-corrected chi connectivity index (χ3v) is 12.1. The van der Waals surface area contributed by atoms with Gasteiger partial charge in [-0.05, 0) is 77.4 Å². The van der Waals surface area contributed by atoms with E-state index < -0.39 is 41.1 Å². The number of likely N-dealkylation sites (N-methyl/N-ethyl adjacent to an activating group) is 1. The number of hydrogen-bond donors (Lipinski definition) is 1. The second-order valence-electron chi connectivity index (χ2n) is 16.7. The van der Waals surface area contributed by atoms with Crippen molar-refractivity contribution in [3.05, 3.63) is 69.6 Å². The molecular formula is C46H53N3O10S. The van der Waals surface area contributed by atoms with Gasteiger partial charge in [-0.1, -0.05) is 39.0 Å². The molecule has 6 bridgehead atoms. The number of esters is 1. The number of aromatic nitrogens is 1. The monoisotopic (exact) mass is 839 g/mol. The summed E-state index contributed by atoms with van der Waals surface area (Å²) in [7, 11) is 3.91. The van der Waals surface area contributed by atoms with Crippen LogP contribution in [0.5, 0.6) is 17.2 Å². The Hall–Kier alpha value is -5.34. The summed E-state index contributed by atoms with van der Waals surface area (Å²) in [5.41, 5.74) is 0.788. The molecule has 0 saturated carbocycles. The molecule has 5 aliphatic rings. The molecule has 0 radical (unpaired) electrons. The summed E-state index contributed by atoms with van der Waals surface area (Å²) in [5, 5.41) is 2.98. The van der Waals surface area contributed by atoms with Crippen LogP contribution in [0.3, 0.4) is 0 Å². The van der Waals surface area contributed by atoms with Crippen molar-refractivity contribution < 1.29 is 42.5 Å². The fraction of sp³-hybridized carbons (Fsp3) is 0.457. The van der Waals surface area contributed by atoms with Crippen molar-refractivity contribution in [2.75, 3.05) is 38.8 Å². The molecule has 1 N–H and O–H groups in total. The fourth-order valence-corrected chi connectivity index (χ4v) is 8.84. The van der Waals surface area contributed by atoms with Gasteiger partial charge in [0.1, 0.15) is 53.0 Å². The van der Waals surface area contributed by atoms with Gasteiger partial charge in [0.25, 0.3) is 11.7 Å². The van der Waals surface area contributed by atoms with Gasteiger partial charge in [0.15, 0.2) is 11.3 Å². The Balaban J connectivity index is 1.63. The zero-order chi connectivity index (χ0) is 43.2. The lowest BCUT2D eigenvalue weighted by atomic mass is 9.86. The number of nitrogens with zero attached hydrogens (tertiary/aromatic N) is 2. The number of allylic oxidation sites excluding steroid dienone is 4. The number of anilines is 1. The summed E-state index contributed by atoms with van der Waals surface area (Å²) in [5.74, 6) is -2.75. The maximum absolute atomic E-state index is 15.4. The number of rotatable bonds is 6. The molecular weight excluding hydrogens is 787 g/mol. The number of amides is 1. The number of thioether (sulfide) groups is 1.